The zero-order valence-corrected chi connectivity index (χ0v) is 16.9. The molecule has 0 saturated carbocycles. The molecule has 2 saturated heterocycles. The molecule has 0 spiro atoms. The van der Waals surface area contributed by atoms with E-state index in [0.29, 0.717) is 19.2 Å². The number of hydrogen-bond acceptors (Lipinski definition) is 4. The van der Waals surface area contributed by atoms with Gasteiger partial charge in [-0.25, -0.2) is 0 Å². The van der Waals surface area contributed by atoms with Crippen LogP contribution >= 0.6 is 11.8 Å². The van der Waals surface area contributed by atoms with Crippen LogP contribution in [0.2, 0.25) is 0 Å². The van der Waals surface area contributed by atoms with Gasteiger partial charge in [0.2, 0.25) is 5.91 Å². The van der Waals surface area contributed by atoms with Gasteiger partial charge >= 0.3 is 0 Å². The maximum atomic E-state index is 13.1. The van der Waals surface area contributed by atoms with E-state index in [1.165, 1.54) is 0 Å². The smallest absolute Gasteiger partial charge is 0.255 e. The van der Waals surface area contributed by atoms with Crippen molar-refractivity contribution in [2.45, 2.75) is 50.0 Å². The Morgan fingerprint density at radius 2 is 2.11 bits per heavy atom. The molecule has 2 fully saturated rings. The summed E-state index contributed by atoms with van der Waals surface area (Å²) >= 11 is 1.70. The molecule has 2 amide bonds. The number of likely N-dealkylation sites (tertiary alicyclic amines) is 1. The van der Waals surface area contributed by atoms with Gasteiger partial charge in [0.25, 0.3) is 5.91 Å². The van der Waals surface area contributed by atoms with Crippen LogP contribution in [0.4, 0.5) is 0 Å². The summed E-state index contributed by atoms with van der Waals surface area (Å²) < 4.78 is 5.70. The Morgan fingerprint density at radius 3 is 2.89 bits per heavy atom. The van der Waals surface area contributed by atoms with Crippen LogP contribution in [-0.2, 0) is 9.53 Å². The highest BCUT2D eigenvalue weighted by molar-refractivity contribution is 7.99. The van der Waals surface area contributed by atoms with Gasteiger partial charge in [-0.2, -0.15) is 0 Å². The lowest BCUT2D eigenvalue weighted by atomic mass is 9.96. The van der Waals surface area contributed by atoms with Gasteiger partial charge in [0.1, 0.15) is 0 Å². The number of nitrogens with zero attached hydrogens (tertiary/aromatic N) is 1. The lowest BCUT2D eigenvalue weighted by Crippen LogP contribution is -2.45. The van der Waals surface area contributed by atoms with Gasteiger partial charge < -0.3 is 15.0 Å². The maximum absolute atomic E-state index is 13.1. The first-order valence-corrected chi connectivity index (χ1v) is 11.1. The van der Waals surface area contributed by atoms with Crippen LogP contribution in [0.3, 0.4) is 0 Å². The second-order valence-electron chi connectivity index (χ2n) is 7.32. The van der Waals surface area contributed by atoms with Gasteiger partial charge in [-0.15, -0.1) is 11.8 Å². The number of thioether (sulfide) groups is 1. The van der Waals surface area contributed by atoms with E-state index in [2.05, 4.69) is 5.32 Å². The van der Waals surface area contributed by atoms with E-state index in [1.807, 2.05) is 36.1 Å². The molecule has 0 aliphatic carbocycles. The third kappa shape index (κ3) is 5.48. The normalized spacial score (nSPS) is 22.6. The second-order valence-corrected chi connectivity index (χ2v) is 8.39. The number of benzene rings is 1. The molecule has 2 aliphatic heterocycles. The zero-order chi connectivity index (χ0) is 19.1. The van der Waals surface area contributed by atoms with Crippen molar-refractivity contribution in [3.8, 4) is 0 Å². The fraction of sp³-hybridized carbons (Fsp3) is 0.619. The topological polar surface area (TPSA) is 58.6 Å². The standard InChI is InChI=1S/C21H30N2O3S/c1-2-11-22-20(24)16-7-5-12-23(14-16)21(25)18-9-3-4-10-19(18)27-15-17-8-6-13-26-17/h3-4,9-10,16-17H,2,5-8,11-15H2,1H3,(H,22,24). The lowest BCUT2D eigenvalue weighted by Gasteiger charge is -2.32. The van der Waals surface area contributed by atoms with Crippen molar-refractivity contribution in [1.29, 1.82) is 0 Å². The summed E-state index contributed by atoms with van der Waals surface area (Å²) in [6, 6.07) is 7.81. The van der Waals surface area contributed by atoms with E-state index in [-0.39, 0.29) is 17.7 Å². The minimum absolute atomic E-state index is 0.0402. The van der Waals surface area contributed by atoms with E-state index in [9.17, 15) is 9.59 Å². The van der Waals surface area contributed by atoms with Gasteiger partial charge in [0, 0.05) is 36.9 Å². The molecule has 0 radical (unpaired) electrons. The predicted octanol–water partition coefficient (Wildman–Crippen LogP) is 3.34. The number of ether oxygens (including phenoxy) is 1. The number of carbonyl (C=O) groups is 2. The molecule has 0 bridgehead atoms. The van der Waals surface area contributed by atoms with Crippen molar-refractivity contribution < 1.29 is 14.3 Å². The lowest BCUT2D eigenvalue weighted by molar-refractivity contribution is -0.126. The Morgan fingerprint density at radius 1 is 1.26 bits per heavy atom. The molecule has 1 aromatic carbocycles. The molecule has 2 unspecified atom stereocenters. The molecule has 148 valence electrons. The van der Waals surface area contributed by atoms with Crippen LogP contribution in [0.15, 0.2) is 29.2 Å². The molecule has 1 aromatic rings. The third-order valence-corrected chi connectivity index (χ3v) is 6.40. The summed E-state index contributed by atoms with van der Waals surface area (Å²) in [7, 11) is 0. The number of hydrogen-bond donors (Lipinski definition) is 1. The van der Waals surface area contributed by atoms with Crippen molar-refractivity contribution in [3.63, 3.8) is 0 Å². The Balaban J connectivity index is 1.63. The summed E-state index contributed by atoms with van der Waals surface area (Å²) in [6.45, 7) is 4.83. The first kappa shape index (κ1) is 20.2. The summed E-state index contributed by atoms with van der Waals surface area (Å²) in [5.74, 6) is 0.904. The van der Waals surface area contributed by atoms with Crippen molar-refractivity contribution >= 4 is 23.6 Å². The molecular weight excluding hydrogens is 360 g/mol. The van der Waals surface area contributed by atoms with Crippen molar-refractivity contribution in [1.82, 2.24) is 10.2 Å². The predicted molar refractivity (Wildman–Crippen MR) is 108 cm³/mol. The van der Waals surface area contributed by atoms with Crippen molar-refractivity contribution in [2.75, 3.05) is 32.0 Å². The summed E-state index contributed by atoms with van der Waals surface area (Å²) in [5.41, 5.74) is 0.745. The Kier molecular flexibility index (Phi) is 7.59. The number of amides is 2. The van der Waals surface area contributed by atoms with Gasteiger partial charge in [0.15, 0.2) is 0 Å². The molecule has 1 N–H and O–H groups in total. The van der Waals surface area contributed by atoms with Gasteiger partial charge in [-0.1, -0.05) is 19.1 Å². The Labute approximate surface area is 166 Å². The van der Waals surface area contributed by atoms with Crippen LogP contribution in [0.5, 0.6) is 0 Å². The molecular formula is C21H30N2O3S. The Hall–Kier alpha value is -1.53. The average molecular weight is 391 g/mol. The van der Waals surface area contributed by atoms with Gasteiger partial charge in [-0.3, -0.25) is 9.59 Å². The fourth-order valence-corrected chi connectivity index (χ4v) is 4.78. The fourth-order valence-electron chi connectivity index (χ4n) is 3.67. The van der Waals surface area contributed by atoms with Crippen molar-refractivity contribution in [2.24, 2.45) is 5.92 Å². The number of carbonyl (C=O) groups excluding carboxylic acids is 2. The van der Waals surface area contributed by atoms with Crippen molar-refractivity contribution in [3.05, 3.63) is 29.8 Å². The van der Waals surface area contributed by atoms with Crippen LogP contribution in [0.1, 0.15) is 49.4 Å². The second kappa shape index (κ2) is 10.1. The van der Waals surface area contributed by atoms with E-state index < -0.39 is 0 Å². The molecule has 6 heteroatoms. The van der Waals surface area contributed by atoms with Crippen LogP contribution in [-0.4, -0.2) is 54.8 Å². The molecule has 0 aromatic heterocycles. The van der Waals surface area contributed by atoms with Gasteiger partial charge in [-0.05, 0) is 44.2 Å². The van der Waals surface area contributed by atoms with Crippen LogP contribution in [0.25, 0.3) is 0 Å². The number of rotatable bonds is 7. The minimum atomic E-state index is -0.0963. The van der Waals surface area contributed by atoms with E-state index in [0.717, 1.165) is 61.5 Å². The molecule has 3 rings (SSSR count). The van der Waals surface area contributed by atoms with E-state index in [1.54, 1.807) is 11.8 Å². The highest BCUT2D eigenvalue weighted by Gasteiger charge is 2.29. The molecule has 5 nitrogen and oxygen atoms in total. The average Bonchev–Trinajstić information content (AvgIpc) is 3.24. The molecule has 2 atom stereocenters. The number of piperidine rings is 1. The summed E-state index contributed by atoms with van der Waals surface area (Å²) in [5, 5.41) is 2.97. The number of nitrogens with one attached hydrogen (secondary N) is 1. The largest absolute Gasteiger partial charge is 0.377 e. The molecule has 2 heterocycles. The van der Waals surface area contributed by atoms with Crippen LogP contribution in [0, 0.1) is 5.92 Å². The SMILES string of the molecule is CCCNC(=O)C1CCCN(C(=O)c2ccccc2SCC2CCCO2)C1. The minimum Gasteiger partial charge on any atom is -0.377 e. The monoisotopic (exact) mass is 390 g/mol. The first-order chi connectivity index (χ1) is 13.2. The van der Waals surface area contributed by atoms with Crippen LogP contribution < -0.4 is 5.32 Å². The third-order valence-electron chi connectivity index (χ3n) is 5.19. The summed E-state index contributed by atoms with van der Waals surface area (Å²) in [4.78, 5) is 28.3. The maximum Gasteiger partial charge on any atom is 0.255 e. The first-order valence-electron chi connectivity index (χ1n) is 10.1. The van der Waals surface area contributed by atoms with E-state index in [4.69, 9.17) is 4.74 Å². The zero-order valence-electron chi connectivity index (χ0n) is 16.1. The highest BCUT2D eigenvalue weighted by atomic mass is 32.2. The van der Waals surface area contributed by atoms with E-state index >= 15 is 0 Å². The molecule has 27 heavy (non-hydrogen) atoms. The molecule has 2 aliphatic rings. The quantitative estimate of drug-likeness (QED) is 0.726. The highest BCUT2D eigenvalue weighted by Crippen LogP contribution is 2.28. The summed E-state index contributed by atoms with van der Waals surface area (Å²) in [6.07, 6.45) is 5.18. The van der Waals surface area contributed by atoms with Gasteiger partial charge in [0.05, 0.1) is 17.6 Å². The Bertz CT molecular complexity index is 646.